The average molecular weight is 414 g/mol. The lowest BCUT2D eigenvalue weighted by molar-refractivity contribution is -0.145. The first-order valence-electron chi connectivity index (χ1n) is 11.8. The van der Waals surface area contributed by atoms with Gasteiger partial charge in [0.25, 0.3) is 0 Å². The van der Waals surface area contributed by atoms with Crippen LogP contribution in [0.25, 0.3) is 0 Å². The van der Waals surface area contributed by atoms with Crippen molar-refractivity contribution in [3.05, 3.63) is 35.8 Å². The molecule has 2 aliphatic carbocycles. The smallest absolute Gasteiger partial charge is 0.311 e. The Bertz CT molecular complexity index is 781. The Morgan fingerprint density at radius 3 is 2.90 bits per heavy atom. The lowest BCUT2D eigenvalue weighted by Crippen LogP contribution is -2.42. The predicted molar refractivity (Wildman–Crippen MR) is 114 cm³/mol. The van der Waals surface area contributed by atoms with Gasteiger partial charge in [-0.05, 0) is 55.6 Å². The average Bonchev–Trinajstić information content (AvgIpc) is 3.44. The molecule has 164 valence electrons. The van der Waals surface area contributed by atoms with E-state index in [-0.39, 0.29) is 35.4 Å². The molecule has 2 saturated heterocycles. The van der Waals surface area contributed by atoms with E-state index in [2.05, 4.69) is 24.8 Å². The van der Waals surface area contributed by atoms with Crippen LogP contribution in [-0.2, 0) is 20.8 Å². The number of nitrogens with zero attached hydrogens (tertiary/aromatic N) is 1. The van der Waals surface area contributed by atoms with E-state index < -0.39 is 0 Å². The molecule has 0 amide bonds. The number of carbonyl (C=O) groups is 1. The summed E-state index contributed by atoms with van der Waals surface area (Å²) in [6.07, 6.45) is 11.4. The second-order valence-corrected chi connectivity index (χ2v) is 10.2. The summed E-state index contributed by atoms with van der Waals surface area (Å²) in [6, 6.07) is 3.94. The van der Waals surface area contributed by atoms with Crippen molar-refractivity contribution in [3.8, 4) is 0 Å². The van der Waals surface area contributed by atoms with Gasteiger partial charge in [-0.15, -0.1) is 0 Å². The van der Waals surface area contributed by atoms with Gasteiger partial charge in [-0.3, -0.25) is 9.69 Å². The van der Waals surface area contributed by atoms with E-state index in [9.17, 15) is 4.79 Å². The Morgan fingerprint density at radius 1 is 1.23 bits per heavy atom. The third kappa shape index (κ3) is 3.87. The summed E-state index contributed by atoms with van der Waals surface area (Å²) in [4.78, 5) is 15.3. The zero-order chi connectivity index (χ0) is 20.7. The quantitative estimate of drug-likeness (QED) is 0.505. The van der Waals surface area contributed by atoms with Crippen LogP contribution >= 0.6 is 0 Å². The van der Waals surface area contributed by atoms with E-state index >= 15 is 0 Å². The van der Waals surface area contributed by atoms with Gasteiger partial charge in [0.2, 0.25) is 0 Å². The topological polar surface area (TPSA) is 51.9 Å². The van der Waals surface area contributed by atoms with Crippen molar-refractivity contribution in [2.45, 2.75) is 71.1 Å². The standard InChI is InChI=1S/C25H35NO4/c1-17-6-3-9-25(2)13-23-20(12-22(17)25)21(24(27)30-23)16-26(14-18-7-4-10-28-18)15-19-8-5-11-29-19/h4,7,10,12,17,19-21,23H,3,5-6,8-9,11,13-16H2,1-2H3/t17-,19+,20+,21-,23+,25+/m0/s1. The number of hydrogen-bond acceptors (Lipinski definition) is 5. The lowest BCUT2D eigenvalue weighted by Gasteiger charge is -2.46. The predicted octanol–water partition coefficient (Wildman–Crippen LogP) is 4.57. The summed E-state index contributed by atoms with van der Waals surface area (Å²) in [7, 11) is 0. The molecule has 0 bridgehead atoms. The fourth-order valence-electron chi connectivity index (χ4n) is 6.44. The maximum Gasteiger partial charge on any atom is 0.311 e. The van der Waals surface area contributed by atoms with Crippen molar-refractivity contribution in [3.63, 3.8) is 0 Å². The third-order valence-corrected chi connectivity index (χ3v) is 7.98. The van der Waals surface area contributed by atoms with Crippen LogP contribution in [0.1, 0.15) is 58.1 Å². The monoisotopic (exact) mass is 413 g/mol. The maximum absolute atomic E-state index is 13.0. The number of esters is 1. The number of fused-ring (bicyclic) bond motifs is 2. The Balaban J connectivity index is 1.36. The van der Waals surface area contributed by atoms with Crippen molar-refractivity contribution in [2.24, 2.45) is 23.2 Å². The summed E-state index contributed by atoms with van der Waals surface area (Å²) in [6.45, 7) is 7.84. The number of hydrogen-bond donors (Lipinski definition) is 0. The van der Waals surface area contributed by atoms with E-state index in [0.717, 1.165) is 38.2 Å². The van der Waals surface area contributed by atoms with Gasteiger partial charge in [0, 0.05) is 25.6 Å². The lowest BCUT2D eigenvalue weighted by atomic mass is 9.59. The minimum atomic E-state index is -0.0995. The molecule has 5 nitrogen and oxygen atoms in total. The summed E-state index contributed by atoms with van der Waals surface area (Å²) in [5.41, 5.74) is 1.79. The second-order valence-electron chi connectivity index (χ2n) is 10.2. The zero-order valence-corrected chi connectivity index (χ0v) is 18.3. The van der Waals surface area contributed by atoms with Gasteiger partial charge in [0.05, 0.1) is 24.8 Å². The van der Waals surface area contributed by atoms with Crippen LogP contribution in [0.15, 0.2) is 34.5 Å². The largest absolute Gasteiger partial charge is 0.468 e. The van der Waals surface area contributed by atoms with Crippen LogP contribution in [-0.4, -0.2) is 42.8 Å². The third-order valence-electron chi connectivity index (χ3n) is 7.98. The fraction of sp³-hybridized carbons (Fsp3) is 0.720. The number of furan rings is 1. The number of allylic oxidation sites excluding steroid dienone is 1. The second kappa shape index (κ2) is 8.16. The van der Waals surface area contributed by atoms with E-state index in [4.69, 9.17) is 13.9 Å². The molecule has 4 aliphatic rings. The molecule has 0 radical (unpaired) electrons. The van der Waals surface area contributed by atoms with Crippen LogP contribution in [0, 0.1) is 23.2 Å². The molecule has 1 aromatic rings. The van der Waals surface area contributed by atoms with Gasteiger partial charge in [0.15, 0.2) is 0 Å². The molecule has 30 heavy (non-hydrogen) atoms. The molecule has 5 rings (SSSR count). The van der Waals surface area contributed by atoms with Crippen molar-refractivity contribution in [1.82, 2.24) is 4.90 Å². The highest BCUT2D eigenvalue weighted by Crippen LogP contribution is 2.54. The molecule has 1 aromatic heterocycles. The van der Waals surface area contributed by atoms with Crippen molar-refractivity contribution >= 4 is 5.97 Å². The molecule has 0 N–H and O–H groups in total. The number of ether oxygens (including phenoxy) is 2. The van der Waals surface area contributed by atoms with Crippen molar-refractivity contribution < 1.29 is 18.7 Å². The minimum Gasteiger partial charge on any atom is -0.468 e. The molecule has 2 aliphatic heterocycles. The molecular weight excluding hydrogens is 378 g/mol. The molecule has 3 heterocycles. The summed E-state index contributed by atoms with van der Waals surface area (Å²) >= 11 is 0. The molecule has 0 unspecified atom stereocenters. The van der Waals surface area contributed by atoms with E-state index in [1.807, 2.05) is 12.1 Å². The molecule has 1 saturated carbocycles. The van der Waals surface area contributed by atoms with Crippen LogP contribution in [0.4, 0.5) is 0 Å². The van der Waals surface area contributed by atoms with E-state index in [1.165, 1.54) is 19.3 Å². The van der Waals surface area contributed by atoms with E-state index in [1.54, 1.807) is 11.8 Å². The highest BCUT2D eigenvalue weighted by Gasteiger charge is 2.52. The first kappa shape index (κ1) is 20.3. The molecule has 0 aromatic carbocycles. The van der Waals surface area contributed by atoms with Gasteiger partial charge in [-0.1, -0.05) is 31.9 Å². The van der Waals surface area contributed by atoms with Crippen LogP contribution in [0.5, 0.6) is 0 Å². The van der Waals surface area contributed by atoms with Crippen molar-refractivity contribution in [1.29, 1.82) is 0 Å². The number of carbonyl (C=O) groups excluding carboxylic acids is 1. The fourth-order valence-corrected chi connectivity index (χ4v) is 6.44. The first-order chi connectivity index (χ1) is 14.5. The Labute approximate surface area is 179 Å². The Morgan fingerprint density at radius 2 is 2.13 bits per heavy atom. The van der Waals surface area contributed by atoms with Gasteiger partial charge < -0.3 is 13.9 Å². The summed E-state index contributed by atoms with van der Waals surface area (Å²) < 4.78 is 17.5. The van der Waals surface area contributed by atoms with E-state index in [0.29, 0.717) is 19.0 Å². The van der Waals surface area contributed by atoms with Crippen molar-refractivity contribution in [2.75, 3.05) is 19.7 Å². The zero-order valence-electron chi connectivity index (χ0n) is 18.3. The highest BCUT2D eigenvalue weighted by atomic mass is 16.6. The molecule has 6 atom stereocenters. The molecule has 3 fully saturated rings. The first-order valence-corrected chi connectivity index (χ1v) is 11.8. The van der Waals surface area contributed by atoms with Crippen LogP contribution in [0.3, 0.4) is 0 Å². The SMILES string of the molecule is C[C@H]1CCC[C@]2(C)C[C@H]3OC(=O)[C@@H](CN(Cc4ccco4)C[C@H]4CCCO4)[C@H]3C=C12. The normalized spacial score (nSPS) is 38.3. The minimum absolute atomic E-state index is 0.0199. The van der Waals surface area contributed by atoms with Gasteiger partial charge in [-0.25, -0.2) is 0 Å². The Hall–Kier alpha value is -1.59. The molecular formula is C25H35NO4. The summed E-state index contributed by atoms with van der Waals surface area (Å²) in [5.74, 6) is 1.63. The Kier molecular flexibility index (Phi) is 5.53. The summed E-state index contributed by atoms with van der Waals surface area (Å²) in [5, 5.41) is 0. The number of rotatable bonds is 6. The molecule has 5 heteroatoms. The van der Waals surface area contributed by atoms with Gasteiger partial charge >= 0.3 is 5.97 Å². The van der Waals surface area contributed by atoms with Gasteiger partial charge in [0.1, 0.15) is 11.9 Å². The highest BCUT2D eigenvalue weighted by molar-refractivity contribution is 5.76. The molecule has 0 spiro atoms. The van der Waals surface area contributed by atoms with Crippen LogP contribution in [0.2, 0.25) is 0 Å². The maximum atomic E-state index is 13.0. The van der Waals surface area contributed by atoms with Gasteiger partial charge in [-0.2, -0.15) is 0 Å². The van der Waals surface area contributed by atoms with Crippen LogP contribution < -0.4 is 0 Å².